The highest BCUT2D eigenvalue weighted by Crippen LogP contribution is 1.97. The summed E-state index contributed by atoms with van der Waals surface area (Å²) in [6.45, 7) is 0.688. The largest absolute Gasteiger partial charge is 0.400 e. The first-order valence-electron chi connectivity index (χ1n) is 3.64. The van der Waals surface area contributed by atoms with E-state index in [0.717, 1.165) is 12.9 Å². The summed E-state index contributed by atoms with van der Waals surface area (Å²) in [6.07, 6.45) is 1.71. The summed E-state index contributed by atoms with van der Waals surface area (Å²) < 4.78 is 0. The third kappa shape index (κ3) is 4.65. The third-order valence-electron chi connectivity index (χ3n) is 1.08. The molecule has 0 atom stereocenters. The van der Waals surface area contributed by atoms with Gasteiger partial charge >= 0.3 is 0 Å². The number of aromatic nitrogens is 1. The average Bonchev–Trinajstić information content (AvgIpc) is 2.19. The Morgan fingerprint density at radius 2 is 2.17 bits per heavy atom. The molecular weight excluding hydrogens is 156 g/mol. The molecule has 0 saturated carbocycles. The van der Waals surface area contributed by atoms with Crippen molar-refractivity contribution >= 4 is 5.82 Å². The van der Waals surface area contributed by atoms with Gasteiger partial charge in [-0.25, -0.2) is 4.98 Å². The fourth-order valence-electron chi connectivity index (χ4n) is 0.651. The number of hydrogen-bond donors (Lipinski definition) is 3. The van der Waals surface area contributed by atoms with Crippen LogP contribution < -0.4 is 5.32 Å². The van der Waals surface area contributed by atoms with E-state index in [1.807, 2.05) is 18.2 Å². The maximum atomic E-state index is 8.44. The molecule has 68 valence electrons. The lowest BCUT2D eigenvalue weighted by Crippen LogP contribution is -2.06. The molecule has 0 aliphatic carbocycles. The number of nitrogens with zero attached hydrogens (tertiary/aromatic N) is 1. The summed E-state index contributed by atoms with van der Waals surface area (Å²) >= 11 is 0. The number of aliphatic hydroxyl groups excluding tert-OH is 2. The van der Waals surface area contributed by atoms with E-state index in [0.29, 0.717) is 6.54 Å². The van der Waals surface area contributed by atoms with Gasteiger partial charge in [-0.3, -0.25) is 0 Å². The van der Waals surface area contributed by atoms with E-state index in [-0.39, 0.29) is 6.61 Å². The highest BCUT2D eigenvalue weighted by molar-refractivity contribution is 5.32. The van der Waals surface area contributed by atoms with E-state index in [4.69, 9.17) is 10.2 Å². The Morgan fingerprint density at radius 3 is 2.67 bits per heavy atom. The van der Waals surface area contributed by atoms with Gasteiger partial charge in [0.05, 0.1) is 6.61 Å². The molecule has 0 aliphatic rings. The number of hydrogen-bond acceptors (Lipinski definition) is 4. The van der Waals surface area contributed by atoms with Gasteiger partial charge in [-0.05, 0) is 12.1 Å². The van der Waals surface area contributed by atoms with E-state index < -0.39 is 0 Å². The summed E-state index contributed by atoms with van der Waals surface area (Å²) in [6, 6.07) is 5.60. The Bertz CT molecular complexity index is 180. The van der Waals surface area contributed by atoms with Gasteiger partial charge in [-0.1, -0.05) is 6.07 Å². The molecule has 0 unspecified atom stereocenters. The standard InChI is InChI=1S/C7H10N2O.CH4O/c10-6-5-9-7-3-1-2-4-8-7;1-2/h1-4,10H,5-6H2,(H,8,9);2H,1H3. The van der Waals surface area contributed by atoms with Crippen molar-refractivity contribution in [3.05, 3.63) is 24.4 Å². The van der Waals surface area contributed by atoms with Crippen LogP contribution in [0.1, 0.15) is 0 Å². The Hall–Kier alpha value is -1.13. The van der Waals surface area contributed by atoms with Gasteiger partial charge in [0.15, 0.2) is 0 Å². The fourth-order valence-corrected chi connectivity index (χ4v) is 0.651. The van der Waals surface area contributed by atoms with Gasteiger partial charge in [-0.2, -0.15) is 0 Å². The highest BCUT2D eigenvalue weighted by atomic mass is 16.3. The zero-order valence-electron chi connectivity index (χ0n) is 7.07. The molecule has 1 aromatic heterocycles. The topological polar surface area (TPSA) is 65.4 Å². The Kier molecular flexibility index (Phi) is 7.22. The molecule has 1 aromatic rings. The van der Waals surface area contributed by atoms with Gasteiger partial charge in [0.25, 0.3) is 0 Å². The number of aliphatic hydroxyl groups is 2. The lowest BCUT2D eigenvalue weighted by atomic mass is 10.4. The van der Waals surface area contributed by atoms with Gasteiger partial charge < -0.3 is 15.5 Å². The van der Waals surface area contributed by atoms with Crippen molar-refractivity contribution in [3.63, 3.8) is 0 Å². The molecule has 0 spiro atoms. The van der Waals surface area contributed by atoms with Crippen molar-refractivity contribution in [2.45, 2.75) is 0 Å². The summed E-state index contributed by atoms with van der Waals surface area (Å²) in [5, 5.41) is 18.4. The Balaban J connectivity index is 0.000000561. The zero-order valence-corrected chi connectivity index (χ0v) is 7.07. The molecule has 0 aliphatic heterocycles. The summed E-state index contributed by atoms with van der Waals surface area (Å²) in [4.78, 5) is 3.99. The maximum Gasteiger partial charge on any atom is 0.125 e. The number of pyridine rings is 1. The number of rotatable bonds is 3. The van der Waals surface area contributed by atoms with Crippen molar-refractivity contribution in [1.82, 2.24) is 4.98 Å². The van der Waals surface area contributed by atoms with Crippen LogP contribution in [0.15, 0.2) is 24.4 Å². The minimum atomic E-state index is 0.135. The molecule has 4 heteroatoms. The first-order valence-corrected chi connectivity index (χ1v) is 3.64. The SMILES string of the molecule is CO.OCCNc1ccccn1. The van der Waals surface area contributed by atoms with Crippen LogP contribution >= 0.6 is 0 Å². The van der Waals surface area contributed by atoms with E-state index in [1.165, 1.54) is 0 Å². The molecule has 0 bridgehead atoms. The van der Waals surface area contributed by atoms with Crippen LogP contribution in [-0.2, 0) is 0 Å². The molecule has 1 rings (SSSR count). The lowest BCUT2D eigenvalue weighted by Gasteiger charge is -2.00. The summed E-state index contributed by atoms with van der Waals surface area (Å²) in [5.74, 6) is 0.802. The minimum absolute atomic E-state index is 0.135. The van der Waals surface area contributed by atoms with Crippen molar-refractivity contribution in [2.24, 2.45) is 0 Å². The molecule has 0 radical (unpaired) electrons. The molecule has 0 aromatic carbocycles. The second-order valence-electron chi connectivity index (χ2n) is 1.87. The predicted octanol–water partition coefficient (Wildman–Crippen LogP) is 0.0943. The van der Waals surface area contributed by atoms with Crippen LogP contribution in [0, 0.1) is 0 Å². The predicted molar refractivity (Wildman–Crippen MR) is 48.0 cm³/mol. The van der Waals surface area contributed by atoms with E-state index in [2.05, 4.69) is 10.3 Å². The van der Waals surface area contributed by atoms with E-state index in [1.54, 1.807) is 6.20 Å². The summed E-state index contributed by atoms with van der Waals surface area (Å²) in [5.41, 5.74) is 0. The molecule has 12 heavy (non-hydrogen) atoms. The fraction of sp³-hybridized carbons (Fsp3) is 0.375. The Morgan fingerprint density at radius 1 is 1.42 bits per heavy atom. The molecular formula is C8H14N2O2. The summed E-state index contributed by atoms with van der Waals surface area (Å²) in [7, 11) is 1.00. The highest BCUT2D eigenvalue weighted by Gasteiger charge is 1.86. The van der Waals surface area contributed by atoms with Crippen LogP contribution in [0.4, 0.5) is 5.82 Å². The normalized spacial score (nSPS) is 8.25. The van der Waals surface area contributed by atoms with Crippen LogP contribution in [-0.4, -0.2) is 35.5 Å². The maximum absolute atomic E-state index is 8.44. The lowest BCUT2D eigenvalue weighted by molar-refractivity contribution is 0.311. The van der Waals surface area contributed by atoms with Gasteiger partial charge in [0.1, 0.15) is 5.82 Å². The van der Waals surface area contributed by atoms with Gasteiger partial charge in [0, 0.05) is 19.9 Å². The van der Waals surface area contributed by atoms with Crippen molar-refractivity contribution in [1.29, 1.82) is 0 Å². The molecule has 0 amide bonds. The van der Waals surface area contributed by atoms with Crippen LogP contribution in [0.3, 0.4) is 0 Å². The van der Waals surface area contributed by atoms with Crippen LogP contribution in [0.5, 0.6) is 0 Å². The second kappa shape index (κ2) is 7.97. The molecule has 0 fully saturated rings. The molecule has 3 N–H and O–H groups in total. The van der Waals surface area contributed by atoms with Crippen LogP contribution in [0.2, 0.25) is 0 Å². The third-order valence-corrected chi connectivity index (χ3v) is 1.08. The van der Waals surface area contributed by atoms with Gasteiger partial charge in [0.2, 0.25) is 0 Å². The monoisotopic (exact) mass is 170 g/mol. The van der Waals surface area contributed by atoms with E-state index in [9.17, 15) is 0 Å². The quantitative estimate of drug-likeness (QED) is 0.601. The minimum Gasteiger partial charge on any atom is -0.400 e. The van der Waals surface area contributed by atoms with Crippen molar-refractivity contribution in [2.75, 3.05) is 25.6 Å². The van der Waals surface area contributed by atoms with Crippen molar-refractivity contribution < 1.29 is 10.2 Å². The van der Waals surface area contributed by atoms with Crippen molar-refractivity contribution in [3.8, 4) is 0 Å². The smallest absolute Gasteiger partial charge is 0.125 e. The zero-order chi connectivity index (χ0) is 9.23. The van der Waals surface area contributed by atoms with Gasteiger partial charge in [-0.15, -0.1) is 0 Å². The number of anilines is 1. The first kappa shape index (κ1) is 10.9. The second-order valence-corrected chi connectivity index (χ2v) is 1.87. The molecule has 0 saturated heterocycles. The first-order chi connectivity index (χ1) is 5.93. The molecule has 1 heterocycles. The van der Waals surface area contributed by atoms with Crippen LogP contribution in [0.25, 0.3) is 0 Å². The average molecular weight is 170 g/mol. The number of nitrogens with one attached hydrogen (secondary N) is 1. The van der Waals surface area contributed by atoms with E-state index >= 15 is 0 Å². The molecule has 4 nitrogen and oxygen atoms in total. The Labute approximate surface area is 71.9 Å².